The number of aromatic amines is 2. The number of hydrogen-bond acceptors (Lipinski definition) is 3. The molecule has 6 nitrogen and oxygen atoms in total. The minimum Gasteiger partial charge on any atom is -0.444 e. The third kappa shape index (κ3) is 2.87. The van der Waals surface area contributed by atoms with Crippen LogP contribution in [0.3, 0.4) is 0 Å². The van der Waals surface area contributed by atoms with Gasteiger partial charge in [-0.1, -0.05) is 30.3 Å². The molecule has 0 spiro atoms. The van der Waals surface area contributed by atoms with E-state index >= 15 is 0 Å². The van der Waals surface area contributed by atoms with Crippen LogP contribution in [0.4, 0.5) is 4.79 Å². The van der Waals surface area contributed by atoms with Crippen molar-refractivity contribution < 1.29 is 9.53 Å². The quantitative estimate of drug-likeness (QED) is 0.700. The van der Waals surface area contributed by atoms with E-state index in [1.807, 2.05) is 57.2 Å². The Hall–Kier alpha value is -3.02. The molecule has 26 heavy (non-hydrogen) atoms. The van der Waals surface area contributed by atoms with Crippen LogP contribution in [0.1, 0.15) is 31.9 Å². The molecule has 0 bridgehead atoms. The highest BCUT2D eigenvalue weighted by molar-refractivity contribution is 5.93. The highest BCUT2D eigenvalue weighted by Crippen LogP contribution is 2.35. The topological polar surface area (TPSA) is 78.2 Å². The third-order valence-corrected chi connectivity index (χ3v) is 4.48. The lowest BCUT2D eigenvalue weighted by molar-refractivity contribution is 0.0242. The molecule has 0 fully saturated rings. The van der Waals surface area contributed by atoms with Gasteiger partial charge in [-0.15, -0.1) is 0 Å². The summed E-state index contributed by atoms with van der Waals surface area (Å²) in [6.45, 7) is 6.61. The van der Waals surface area contributed by atoms with Gasteiger partial charge in [0.2, 0.25) is 0 Å². The van der Waals surface area contributed by atoms with Crippen molar-refractivity contribution in [2.24, 2.45) is 0 Å². The van der Waals surface area contributed by atoms with Gasteiger partial charge in [-0.05, 0) is 43.5 Å². The predicted molar refractivity (Wildman–Crippen MR) is 99.8 cm³/mol. The Balaban J connectivity index is 1.74. The third-order valence-electron chi connectivity index (χ3n) is 4.48. The first-order chi connectivity index (χ1) is 12.3. The largest absolute Gasteiger partial charge is 0.444 e. The summed E-state index contributed by atoms with van der Waals surface area (Å²) >= 11 is 0. The maximum atomic E-state index is 12.4. The molecule has 6 heteroatoms. The number of carbonyl (C=O) groups is 1. The second kappa shape index (κ2) is 5.76. The molecule has 2 heterocycles. The van der Waals surface area contributed by atoms with Crippen molar-refractivity contribution in [1.29, 1.82) is 0 Å². The summed E-state index contributed by atoms with van der Waals surface area (Å²) in [6.07, 6.45) is -0.312. The van der Waals surface area contributed by atoms with Gasteiger partial charge in [0.25, 0.3) is 0 Å². The molecule has 0 saturated heterocycles. The van der Waals surface area contributed by atoms with Crippen molar-refractivity contribution in [3.63, 3.8) is 0 Å². The van der Waals surface area contributed by atoms with E-state index < -0.39 is 5.60 Å². The van der Waals surface area contributed by atoms with Gasteiger partial charge in [0.15, 0.2) is 0 Å². The van der Waals surface area contributed by atoms with E-state index in [1.54, 1.807) is 4.90 Å². The number of amides is 1. The highest BCUT2D eigenvalue weighted by atomic mass is 16.6. The van der Waals surface area contributed by atoms with Gasteiger partial charge in [0.05, 0.1) is 17.6 Å². The van der Waals surface area contributed by atoms with Gasteiger partial charge in [0.1, 0.15) is 5.60 Å². The number of hydrogen-bond donors (Lipinski definition) is 2. The lowest BCUT2D eigenvalue weighted by atomic mass is 9.96. The predicted octanol–water partition coefficient (Wildman–Crippen LogP) is 3.77. The summed E-state index contributed by atoms with van der Waals surface area (Å²) in [6, 6.07) is 11.8. The zero-order valence-electron chi connectivity index (χ0n) is 15.1. The first kappa shape index (κ1) is 16.4. The molecule has 1 amide bonds. The lowest BCUT2D eigenvalue weighted by Crippen LogP contribution is -2.33. The minimum atomic E-state index is -0.523. The standard InChI is InChI=1S/C20H21N3O3/c1-20(2,3)26-19(25)23-10-12-6-4-7-13(15(12)11-23)14-8-5-9-16-17(14)22-18(24)21-16/h4-9H,10-11H2,1-3H3,(H2,21,22,24). The van der Waals surface area contributed by atoms with Crippen LogP contribution in [0.25, 0.3) is 22.2 Å². The van der Waals surface area contributed by atoms with E-state index in [2.05, 4.69) is 9.97 Å². The van der Waals surface area contributed by atoms with Crippen LogP contribution < -0.4 is 5.69 Å². The van der Waals surface area contributed by atoms with Gasteiger partial charge < -0.3 is 14.7 Å². The number of rotatable bonds is 1. The molecule has 0 aliphatic carbocycles. The van der Waals surface area contributed by atoms with Crippen LogP contribution in [0.15, 0.2) is 41.2 Å². The second-order valence-corrected chi connectivity index (χ2v) is 7.59. The smallest absolute Gasteiger partial charge is 0.410 e. The maximum Gasteiger partial charge on any atom is 0.410 e. The normalized spacial score (nSPS) is 13.9. The summed E-state index contributed by atoms with van der Waals surface area (Å²) < 4.78 is 5.51. The fraction of sp³-hybridized carbons (Fsp3) is 0.300. The minimum absolute atomic E-state index is 0.226. The fourth-order valence-electron chi connectivity index (χ4n) is 3.41. The molecule has 1 aliphatic rings. The molecule has 3 aromatic rings. The van der Waals surface area contributed by atoms with Gasteiger partial charge in [-0.2, -0.15) is 0 Å². The number of nitrogens with zero attached hydrogens (tertiary/aromatic N) is 1. The monoisotopic (exact) mass is 351 g/mol. The average Bonchev–Trinajstić information content (AvgIpc) is 3.14. The Morgan fingerprint density at radius 2 is 1.77 bits per heavy atom. The number of para-hydroxylation sites is 1. The molecular formula is C20H21N3O3. The number of benzene rings is 2. The summed E-state index contributed by atoms with van der Waals surface area (Å²) in [4.78, 5) is 31.5. The van der Waals surface area contributed by atoms with Crippen molar-refractivity contribution >= 4 is 17.1 Å². The van der Waals surface area contributed by atoms with Gasteiger partial charge in [-0.25, -0.2) is 9.59 Å². The van der Waals surface area contributed by atoms with Crippen molar-refractivity contribution in [3.8, 4) is 11.1 Å². The number of aromatic nitrogens is 2. The van der Waals surface area contributed by atoms with Crippen LogP contribution >= 0.6 is 0 Å². The van der Waals surface area contributed by atoms with Gasteiger partial charge >= 0.3 is 11.8 Å². The van der Waals surface area contributed by atoms with Crippen molar-refractivity contribution in [3.05, 3.63) is 58.0 Å². The Morgan fingerprint density at radius 3 is 2.54 bits per heavy atom. The number of H-pyrrole nitrogens is 2. The van der Waals surface area contributed by atoms with Gasteiger partial charge in [-0.3, -0.25) is 4.90 Å². The lowest BCUT2D eigenvalue weighted by Gasteiger charge is -2.24. The van der Waals surface area contributed by atoms with Crippen molar-refractivity contribution in [2.75, 3.05) is 0 Å². The number of carbonyl (C=O) groups excluding carboxylic acids is 1. The van der Waals surface area contributed by atoms with Crippen LogP contribution in [0.2, 0.25) is 0 Å². The van der Waals surface area contributed by atoms with Crippen molar-refractivity contribution in [1.82, 2.24) is 14.9 Å². The summed E-state index contributed by atoms with van der Waals surface area (Å²) in [5.74, 6) is 0. The fourth-order valence-corrected chi connectivity index (χ4v) is 3.41. The van der Waals surface area contributed by atoms with Crippen LogP contribution in [-0.4, -0.2) is 26.6 Å². The molecule has 134 valence electrons. The highest BCUT2D eigenvalue weighted by Gasteiger charge is 2.29. The van der Waals surface area contributed by atoms with E-state index in [1.165, 1.54) is 0 Å². The maximum absolute atomic E-state index is 12.4. The molecule has 0 unspecified atom stereocenters. The molecule has 1 aromatic heterocycles. The molecule has 0 saturated carbocycles. The summed E-state index contributed by atoms with van der Waals surface area (Å²) in [5.41, 5.74) is 4.96. The molecular weight excluding hydrogens is 330 g/mol. The summed E-state index contributed by atoms with van der Waals surface area (Å²) in [7, 11) is 0. The molecule has 2 aromatic carbocycles. The number of imidazole rings is 1. The van der Waals surface area contributed by atoms with E-state index in [0.717, 1.165) is 33.3 Å². The Kier molecular flexibility index (Phi) is 3.64. The first-order valence-corrected chi connectivity index (χ1v) is 8.62. The van der Waals surface area contributed by atoms with Crippen LogP contribution in [-0.2, 0) is 17.8 Å². The van der Waals surface area contributed by atoms with Crippen molar-refractivity contribution in [2.45, 2.75) is 39.5 Å². The zero-order valence-corrected chi connectivity index (χ0v) is 15.1. The molecule has 0 atom stereocenters. The number of ether oxygens (including phenoxy) is 1. The molecule has 4 rings (SSSR count). The molecule has 0 radical (unpaired) electrons. The van der Waals surface area contributed by atoms with Crippen LogP contribution in [0.5, 0.6) is 0 Å². The van der Waals surface area contributed by atoms with Crippen LogP contribution in [0, 0.1) is 0 Å². The Morgan fingerprint density at radius 1 is 1.04 bits per heavy atom. The number of fused-ring (bicyclic) bond motifs is 2. The Labute approximate surface area is 150 Å². The van der Waals surface area contributed by atoms with Gasteiger partial charge in [0, 0.05) is 12.1 Å². The molecule has 1 aliphatic heterocycles. The first-order valence-electron chi connectivity index (χ1n) is 8.62. The average molecular weight is 351 g/mol. The van der Waals surface area contributed by atoms with E-state index in [9.17, 15) is 9.59 Å². The van der Waals surface area contributed by atoms with E-state index in [0.29, 0.717) is 13.1 Å². The zero-order chi connectivity index (χ0) is 18.5. The molecule has 2 N–H and O–H groups in total. The number of nitrogens with one attached hydrogen (secondary N) is 2. The summed E-state index contributed by atoms with van der Waals surface area (Å²) in [5, 5.41) is 0. The second-order valence-electron chi connectivity index (χ2n) is 7.59. The Bertz CT molecular complexity index is 1060. The SMILES string of the molecule is CC(C)(C)OC(=O)N1Cc2cccc(-c3cccc4[nH]c(=O)[nH]c34)c2C1. The van der Waals surface area contributed by atoms with E-state index in [-0.39, 0.29) is 11.8 Å². The van der Waals surface area contributed by atoms with E-state index in [4.69, 9.17) is 4.74 Å².